The first-order chi connectivity index (χ1) is 9.45. The van der Waals surface area contributed by atoms with Crippen molar-refractivity contribution in [3.05, 3.63) is 46.3 Å². The van der Waals surface area contributed by atoms with Crippen LogP contribution in [-0.2, 0) is 16.8 Å². The van der Waals surface area contributed by atoms with Crippen LogP contribution in [0.4, 0.5) is 0 Å². The van der Waals surface area contributed by atoms with Gasteiger partial charge < -0.3 is 9.73 Å². The van der Waals surface area contributed by atoms with Gasteiger partial charge in [0.15, 0.2) is 0 Å². The predicted octanol–water partition coefficient (Wildman–Crippen LogP) is 3.36. The van der Waals surface area contributed by atoms with Gasteiger partial charge in [0, 0.05) is 16.9 Å². The third-order valence-corrected chi connectivity index (χ3v) is 3.52. The number of hydrogen-bond acceptors (Lipinski definition) is 4. The van der Waals surface area contributed by atoms with Gasteiger partial charge in [-0.1, -0.05) is 20.8 Å². The highest BCUT2D eigenvalue weighted by Crippen LogP contribution is 2.23. The molecule has 0 aromatic carbocycles. The highest BCUT2D eigenvalue weighted by molar-refractivity contribution is 7.09. The molecule has 1 N–H and O–H groups in total. The van der Waals surface area contributed by atoms with E-state index in [0.717, 1.165) is 10.7 Å². The Morgan fingerprint density at radius 1 is 1.50 bits per heavy atom. The van der Waals surface area contributed by atoms with Crippen molar-refractivity contribution in [2.24, 2.45) is 0 Å². The van der Waals surface area contributed by atoms with Crippen LogP contribution >= 0.6 is 11.3 Å². The van der Waals surface area contributed by atoms with Crippen molar-refractivity contribution in [3.63, 3.8) is 0 Å². The summed E-state index contributed by atoms with van der Waals surface area (Å²) in [5.41, 5.74) is 1.09. The maximum atomic E-state index is 11.7. The number of nitrogens with zero attached hydrogens (tertiary/aromatic N) is 1. The summed E-state index contributed by atoms with van der Waals surface area (Å²) in [7, 11) is 0. The zero-order chi connectivity index (χ0) is 14.6. The summed E-state index contributed by atoms with van der Waals surface area (Å²) < 4.78 is 5.11. The zero-order valence-electron chi connectivity index (χ0n) is 11.8. The summed E-state index contributed by atoms with van der Waals surface area (Å²) in [5.74, 6) is 0.498. The first-order valence-corrected chi connectivity index (χ1v) is 7.27. The molecule has 0 spiro atoms. The molecule has 2 aromatic rings. The lowest BCUT2D eigenvalue weighted by molar-refractivity contribution is -0.116. The van der Waals surface area contributed by atoms with Crippen molar-refractivity contribution in [2.45, 2.75) is 32.7 Å². The molecule has 0 aliphatic heterocycles. The number of furan rings is 1. The number of carbonyl (C=O) groups is 1. The van der Waals surface area contributed by atoms with Gasteiger partial charge >= 0.3 is 0 Å². The van der Waals surface area contributed by atoms with E-state index in [1.165, 1.54) is 6.08 Å². The minimum atomic E-state index is -0.158. The van der Waals surface area contributed by atoms with Gasteiger partial charge in [0.25, 0.3) is 0 Å². The normalized spacial score (nSPS) is 11.9. The third-order valence-electron chi connectivity index (χ3n) is 2.68. The fourth-order valence-electron chi connectivity index (χ4n) is 1.50. The van der Waals surface area contributed by atoms with Crippen molar-refractivity contribution in [3.8, 4) is 0 Å². The van der Waals surface area contributed by atoms with Crippen LogP contribution in [0.3, 0.4) is 0 Å². The van der Waals surface area contributed by atoms with Crippen molar-refractivity contribution in [1.29, 1.82) is 0 Å². The largest absolute Gasteiger partial charge is 0.465 e. The van der Waals surface area contributed by atoms with Crippen LogP contribution in [-0.4, -0.2) is 10.9 Å². The SMILES string of the molecule is CC(C)(C)c1csc(CNC(=O)/C=C/c2ccco2)n1. The van der Waals surface area contributed by atoms with Crippen molar-refractivity contribution >= 4 is 23.3 Å². The molecule has 0 aliphatic rings. The van der Waals surface area contributed by atoms with Gasteiger partial charge in [-0.05, 0) is 18.2 Å². The van der Waals surface area contributed by atoms with Crippen LogP contribution < -0.4 is 5.32 Å². The van der Waals surface area contributed by atoms with E-state index in [9.17, 15) is 4.79 Å². The van der Waals surface area contributed by atoms with Crippen molar-refractivity contribution in [2.75, 3.05) is 0 Å². The van der Waals surface area contributed by atoms with Crippen LogP contribution in [0.5, 0.6) is 0 Å². The summed E-state index contributed by atoms with van der Waals surface area (Å²) in [6.07, 6.45) is 4.66. The Kier molecular flexibility index (Phi) is 4.39. The van der Waals surface area contributed by atoms with E-state index in [0.29, 0.717) is 12.3 Å². The van der Waals surface area contributed by atoms with Crippen LogP contribution in [0.15, 0.2) is 34.3 Å². The molecule has 106 valence electrons. The number of rotatable bonds is 4. The third kappa shape index (κ3) is 4.06. The van der Waals surface area contributed by atoms with E-state index in [2.05, 4.69) is 31.1 Å². The van der Waals surface area contributed by atoms with E-state index in [1.807, 2.05) is 5.38 Å². The van der Waals surface area contributed by atoms with Crippen LogP contribution in [0.1, 0.15) is 37.2 Å². The van der Waals surface area contributed by atoms with Gasteiger partial charge in [-0.2, -0.15) is 0 Å². The van der Waals surface area contributed by atoms with E-state index in [-0.39, 0.29) is 11.3 Å². The number of amides is 1. The second-order valence-corrected chi connectivity index (χ2v) is 6.39. The minimum Gasteiger partial charge on any atom is -0.465 e. The maximum absolute atomic E-state index is 11.7. The lowest BCUT2D eigenvalue weighted by Crippen LogP contribution is -2.20. The standard InChI is InChI=1S/C15H18N2O2S/c1-15(2,3)12-10-20-14(17-12)9-16-13(18)7-6-11-5-4-8-19-11/h4-8,10H,9H2,1-3H3,(H,16,18)/b7-6+. The fourth-order valence-corrected chi connectivity index (χ4v) is 2.46. The Hall–Kier alpha value is -1.88. The quantitative estimate of drug-likeness (QED) is 0.878. The molecule has 4 nitrogen and oxygen atoms in total. The maximum Gasteiger partial charge on any atom is 0.244 e. The molecule has 0 fully saturated rings. The van der Waals surface area contributed by atoms with Gasteiger partial charge in [-0.25, -0.2) is 4.98 Å². The van der Waals surface area contributed by atoms with Gasteiger partial charge in [-0.15, -0.1) is 11.3 Å². The number of nitrogens with one attached hydrogen (secondary N) is 1. The Bertz CT molecular complexity index is 592. The molecule has 2 heterocycles. The Labute approximate surface area is 122 Å². The van der Waals surface area contributed by atoms with Gasteiger partial charge in [-0.3, -0.25) is 4.79 Å². The highest BCUT2D eigenvalue weighted by atomic mass is 32.1. The summed E-state index contributed by atoms with van der Waals surface area (Å²) in [5, 5.41) is 5.76. The van der Waals surface area contributed by atoms with E-state index in [4.69, 9.17) is 4.42 Å². The predicted molar refractivity (Wildman–Crippen MR) is 80.4 cm³/mol. The second kappa shape index (κ2) is 6.05. The van der Waals surface area contributed by atoms with Gasteiger partial charge in [0.2, 0.25) is 5.91 Å². The Balaban J connectivity index is 1.86. The van der Waals surface area contributed by atoms with Crippen molar-refractivity contribution < 1.29 is 9.21 Å². The molecular weight excluding hydrogens is 272 g/mol. The number of thiazole rings is 1. The van der Waals surface area contributed by atoms with E-state index in [1.54, 1.807) is 35.8 Å². The molecule has 2 aromatic heterocycles. The molecular formula is C15H18N2O2S. The molecule has 0 atom stereocenters. The minimum absolute atomic E-state index is 0.0396. The molecule has 5 heteroatoms. The molecule has 1 amide bonds. The monoisotopic (exact) mass is 290 g/mol. The molecule has 0 radical (unpaired) electrons. The fraction of sp³-hybridized carbons (Fsp3) is 0.333. The Morgan fingerprint density at radius 2 is 2.30 bits per heavy atom. The summed E-state index contributed by atoms with van der Waals surface area (Å²) in [6.45, 7) is 6.81. The summed E-state index contributed by atoms with van der Waals surface area (Å²) in [4.78, 5) is 16.2. The number of aromatic nitrogens is 1. The molecule has 0 saturated heterocycles. The summed E-state index contributed by atoms with van der Waals surface area (Å²) in [6, 6.07) is 3.57. The smallest absolute Gasteiger partial charge is 0.244 e. The summed E-state index contributed by atoms with van der Waals surface area (Å²) >= 11 is 1.57. The first-order valence-electron chi connectivity index (χ1n) is 6.39. The molecule has 0 aliphatic carbocycles. The lowest BCUT2D eigenvalue weighted by atomic mass is 9.93. The van der Waals surface area contributed by atoms with Gasteiger partial charge in [0.05, 0.1) is 18.5 Å². The average Bonchev–Trinajstić information content (AvgIpc) is 3.04. The Morgan fingerprint density at radius 3 is 2.90 bits per heavy atom. The second-order valence-electron chi connectivity index (χ2n) is 5.44. The molecule has 20 heavy (non-hydrogen) atoms. The lowest BCUT2D eigenvalue weighted by Gasteiger charge is -2.14. The van der Waals surface area contributed by atoms with Crippen molar-refractivity contribution in [1.82, 2.24) is 10.3 Å². The van der Waals surface area contributed by atoms with Gasteiger partial charge in [0.1, 0.15) is 10.8 Å². The zero-order valence-corrected chi connectivity index (χ0v) is 12.7. The topological polar surface area (TPSA) is 55.1 Å². The number of carbonyl (C=O) groups excluding carboxylic acids is 1. The molecule has 0 saturated carbocycles. The first kappa shape index (κ1) is 14.5. The highest BCUT2D eigenvalue weighted by Gasteiger charge is 2.17. The molecule has 0 bridgehead atoms. The van der Waals surface area contributed by atoms with Crippen LogP contribution in [0.25, 0.3) is 6.08 Å². The average molecular weight is 290 g/mol. The van der Waals surface area contributed by atoms with Crippen LogP contribution in [0, 0.1) is 0 Å². The molecule has 0 unspecified atom stereocenters. The van der Waals surface area contributed by atoms with E-state index < -0.39 is 0 Å². The number of hydrogen-bond donors (Lipinski definition) is 1. The van der Waals surface area contributed by atoms with E-state index >= 15 is 0 Å². The molecule has 2 rings (SSSR count). The van der Waals surface area contributed by atoms with Crippen LogP contribution in [0.2, 0.25) is 0 Å².